The lowest BCUT2D eigenvalue weighted by Crippen LogP contribution is -2.51. The van der Waals surface area contributed by atoms with Gasteiger partial charge in [-0.05, 0) is 44.9 Å². The van der Waals surface area contributed by atoms with Gasteiger partial charge in [0.25, 0.3) is 0 Å². The molecule has 0 radical (unpaired) electrons. The molecule has 4 fully saturated rings. The maximum atomic E-state index is 12.3. The Morgan fingerprint density at radius 1 is 0.760 bits per heavy atom. The van der Waals surface area contributed by atoms with Gasteiger partial charge in [0, 0.05) is 50.2 Å². The highest BCUT2D eigenvalue weighted by molar-refractivity contribution is 5.81. The number of amides is 3. The molecule has 1 atom stereocenters. The van der Waals surface area contributed by atoms with Crippen LogP contribution >= 0.6 is 0 Å². The smallest absolute Gasteiger partial charge is 0.315 e. The SMILES string of the molecule is O=C(NC1CCN(C(=O)C2CC2)CC1)N[C@H]1CCN(C2CCCC2)C1. The Balaban J connectivity index is 1.15. The lowest BCUT2D eigenvalue weighted by Gasteiger charge is -2.32. The first-order valence-corrected chi connectivity index (χ1v) is 10.3. The highest BCUT2D eigenvalue weighted by atomic mass is 16.2. The van der Waals surface area contributed by atoms with Crippen LogP contribution in [0.2, 0.25) is 0 Å². The molecule has 4 rings (SSSR count). The van der Waals surface area contributed by atoms with Gasteiger partial charge in [-0.1, -0.05) is 12.8 Å². The van der Waals surface area contributed by atoms with Gasteiger partial charge in [-0.3, -0.25) is 9.69 Å². The summed E-state index contributed by atoms with van der Waals surface area (Å²) in [5, 5.41) is 6.30. The summed E-state index contributed by atoms with van der Waals surface area (Å²) < 4.78 is 0. The molecule has 3 amide bonds. The van der Waals surface area contributed by atoms with E-state index in [0.29, 0.717) is 11.8 Å². The number of carbonyl (C=O) groups is 2. The Kier molecular flexibility index (Phi) is 5.15. The van der Waals surface area contributed by atoms with Crippen LogP contribution in [-0.4, -0.2) is 66.0 Å². The Morgan fingerprint density at radius 2 is 1.40 bits per heavy atom. The largest absolute Gasteiger partial charge is 0.342 e. The van der Waals surface area contributed by atoms with Gasteiger partial charge < -0.3 is 15.5 Å². The van der Waals surface area contributed by atoms with Crippen LogP contribution in [0.15, 0.2) is 0 Å². The maximum absolute atomic E-state index is 12.3. The van der Waals surface area contributed by atoms with Crippen LogP contribution in [0.4, 0.5) is 4.79 Å². The zero-order valence-electron chi connectivity index (χ0n) is 15.2. The van der Waals surface area contributed by atoms with Gasteiger partial charge in [0.05, 0.1) is 0 Å². The zero-order chi connectivity index (χ0) is 17.2. The second-order valence-corrected chi connectivity index (χ2v) is 8.41. The van der Waals surface area contributed by atoms with E-state index < -0.39 is 0 Å². The molecule has 25 heavy (non-hydrogen) atoms. The fraction of sp³-hybridized carbons (Fsp3) is 0.895. The molecular formula is C19H32N4O2. The van der Waals surface area contributed by atoms with E-state index in [1.807, 2.05) is 4.90 Å². The van der Waals surface area contributed by atoms with Crippen LogP contribution in [0.25, 0.3) is 0 Å². The Hall–Kier alpha value is -1.30. The molecule has 0 bridgehead atoms. The van der Waals surface area contributed by atoms with Crippen LogP contribution in [0.5, 0.6) is 0 Å². The summed E-state index contributed by atoms with van der Waals surface area (Å²) in [6.45, 7) is 3.71. The minimum atomic E-state index is -0.0229. The van der Waals surface area contributed by atoms with Crippen molar-refractivity contribution in [3.8, 4) is 0 Å². The van der Waals surface area contributed by atoms with Crippen molar-refractivity contribution >= 4 is 11.9 Å². The molecule has 0 aromatic carbocycles. The first-order valence-electron chi connectivity index (χ1n) is 10.3. The fourth-order valence-electron chi connectivity index (χ4n) is 4.75. The van der Waals surface area contributed by atoms with E-state index >= 15 is 0 Å². The van der Waals surface area contributed by atoms with Crippen molar-refractivity contribution in [3.63, 3.8) is 0 Å². The number of likely N-dealkylation sites (tertiary alicyclic amines) is 2. The summed E-state index contributed by atoms with van der Waals surface area (Å²) in [5.74, 6) is 0.638. The van der Waals surface area contributed by atoms with E-state index in [1.54, 1.807) is 0 Å². The van der Waals surface area contributed by atoms with Crippen LogP contribution in [0, 0.1) is 5.92 Å². The van der Waals surface area contributed by atoms with E-state index in [9.17, 15) is 9.59 Å². The zero-order valence-corrected chi connectivity index (χ0v) is 15.2. The average molecular weight is 348 g/mol. The van der Waals surface area contributed by atoms with E-state index in [-0.39, 0.29) is 18.1 Å². The third-order valence-electron chi connectivity index (χ3n) is 6.46. The highest BCUT2D eigenvalue weighted by Gasteiger charge is 2.35. The predicted octanol–water partition coefficient (Wildman–Crippen LogP) is 1.70. The molecule has 4 aliphatic rings. The number of rotatable bonds is 4. The molecule has 2 aliphatic carbocycles. The van der Waals surface area contributed by atoms with E-state index in [0.717, 1.165) is 64.3 Å². The molecule has 0 aromatic heterocycles. The summed E-state index contributed by atoms with van der Waals surface area (Å²) in [4.78, 5) is 28.9. The molecular weight excluding hydrogens is 316 g/mol. The van der Waals surface area contributed by atoms with Crippen LogP contribution in [0.3, 0.4) is 0 Å². The Bertz CT molecular complexity index is 494. The molecule has 6 nitrogen and oxygen atoms in total. The Morgan fingerprint density at radius 3 is 2.08 bits per heavy atom. The van der Waals surface area contributed by atoms with Crippen molar-refractivity contribution in [2.45, 2.75) is 75.9 Å². The molecule has 0 spiro atoms. The number of piperidine rings is 1. The first kappa shape index (κ1) is 17.1. The van der Waals surface area contributed by atoms with Crippen LogP contribution in [-0.2, 0) is 4.79 Å². The lowest BCUT2D eigenvalue weighted by atomic mass is 10.0. The van der Waals surface area contributed by atoms with Crippen LogP contribution in [0.1, 0.15) is 57.8 Å². The monoisotopic (exact) mass is 348 g/mol. The number of hydrogen-bond acceptors (Lipinski definition) is 3. The van der Waals surface area contributed by atoms with Gasteiger partial charge >= 0.3 is 6.03 Å². The van der Waals surface area contributed by atoms with Crippen molar-refractivity contribution in [1.82, 2.24) is 20.4 Å². The minimum absolute atomic E-state index is 0.0229. The quantitative estimate of drug-likeness (QED) is 0.813. The standard InChI is InChI=1S/C19H32N4O2/c24-18(14-5-6-14)22-10-7-15(8-11-22)20-19(25)21-16-9-12-23(13-16)17-3-1-2-4-17/h14-17H,1-13H2,(H2,20,21,25)/t16-/m0/s1. The number of nitrogens with one attached hydrogen (secondary N) is 2. The number of urea groups is 1. The van der Waals surface area contributed by atoms with Crippen molar-refractivity contribution in [2.75, 3.05) is 26.2 Å². The second kappa shape index (κ2) is 7.52. The fourth-order valence-corrected chi connectivity index (χ4v) is 4.75. The van der Waals surface area contributed by atoms with Gasteiger partial charge in [0.15, 0.2) is 0 Å². The van der Waals surface area contributed by atoms with Crippen molar-refractivity contribution in [1.29, 1.82) is 0 Å². The molecule has 2 aliphatic heterocycles. The van der Waals surface area contributed by atoms with Crippen molar-refractivity contribution < 1.29 is 9.59 Å². The van der Waals surface area contributed by atoms with E-state index in [4.69, 9.17) is 0 Å². The first-order chi connectivity index (χ1) is 12.2. The third kappa shape index (κ3) is 4.27. The van der Waals surface area contributed by atoms with Gasteiger partial charge in [-0.2, -0.15) is 0 Å². The van der Waals surface area contributed by atoms with Gasteiger partial charge in [-0.15, -0.1) is 0 Å². The normalized spacial score (nSPS) is 29.1. The Labute approximate surface area is 150 Å². The molecule has 6 heteroatoms. The summed E-state index contributed by atoms with van der Waals surface area (Å²) >= 11 is 0. The lowest BCUT2D eigenvalue weighted by molar-refractivity contribution is -0.133. The molecule has 2 N–H and O–H groups in total. The number of nitrogens with zero attached hydrogens (tertiary/aromatic N) is 2. The highest BCUT2D eigenvalue weighted by Crippen LogP contribution is 2.32. The molecule has 0 unspecified atom stereocenters. The molecule has 2 saturated heterocycles. The number of carbonyl (C=O) groups excluding carboxylic acids is 2. The summed E-state index contributed by atoms with van der Waals surface area (Å²) in [6, 6.07) is 1.22. The maximum Gasteiger partial charge on any atom is 0.315 e. The molecule has 2 heterocycles. The van der Waals surface area contributed by atoms with Crippen molar-refractivity contribution in [2.24, 2.45) is 5.92 Å². The summed E-state index contributed by atoms with van der Waals surface area (Å²) in [5.41, 5.74) is 0. The second-order valence-electron chi connectivity index (χ2n) is 8.41. The number of hydrogen-bond donors (Lipinski definition) is 2. The topological polar surface area (TPSA) is 64.7 Å². The average Bonchev–Trinajstić information content (AvgIpc) is 3.12. The minimum Gasteiger partial charge on any atom is -0.342 e. The van der Waals surface area contributed by atoms with E-state index in [2.05, 4.69) is 15.5 Å². The van der Waals surface area contributed by atoms with Gasteiger partial charge in [0.1, 0.15) is 0 Å². The van der Waals surface area contributed by atoms with Gasteiger partial charge in [0.2, 0.25) is 5.91 Å². The van der Waals surface area contributed by atoms with Gasteiger partial charge in [-0.25, -0.2) is 4.79 Å². The summed E-state index contributed by atoms with van der Waals surface area (Å²) in [6.07, 6.45) is 10.3. The van der Waals surface area contributed by atoms with Crippen LogP contribution < -0.4 is 10.6 Å². The molecule has 140 valence electrons. The molecule has 0 aromatic rings. The van der Waals surface area contributed by atoms with Crippen molar-refractivity contribution in [3.05, 3.63) is 0 Å². The predicted molar refractivity (Wildman–Crippen MR) is 96.2 cm³/mol. The van der Waals surface area contributed by atoms with E-state index in [1.165, 1.54) is 25.7 Å². The summed E-state index contributed by atoms with van der Waals surface area (Å²) in [7, 11) is 0. The molecule has 2 saturated carbocycles. The third-order valence-corrected chi connectivity index (χ3v) is 6.46.